The lowest BCUT2D eigenvalue weighted by Crippen LogP contribution is -2.42. The molecule has 2 amide bonds. The van der Waals surface area contributed by atoms with E-state index in [-0.39, 0.29) is 24.6 Å². The van der Waals surface area contributed by atoms with E-state index in [9.17, 15) is 22.8 Å². The number of nitrogens with zero attached hydrogens (tertiary/aromatic N) is 1. The van der Waals surface area contributed by atoms with Crippen molar-refractivity contribution >= 4 is 23.2 Å². The molecule has 2 aromatic rings. The fraction of sp³-hybridized carbons (Fsp3) is 0.273. The topological polar surface area (TPSA) is 58.6 Å². The van der Waals surface area contributed by atoms with Crippen LogP contribution in [0.3, 0.4) is 0 Å². The largest absolute Gasteiger partial charge is 0.490 e. The number of carbonyl (C=O) groups is 2. The lowest BCUT2D eigenvalue weighted by Gasteiger charge is -2.27. The summed E-state index contributed by atoms with van der Waals surface area (Å²) in [7, 11) is 0. The number of anilines is 2. The van der Waals surface area contributed by atoms with Crippen molar-refractivity contribution in [2.24, 2.45) is 5.41 Å². The first-order chi connectivity index (χ1) is 14.0. The lowest BCUT2D eigenvalue weighted by molar-refractivity contribution is -0.137. The highest BCUT2D eigenvalue weighted by molar-refractivity contribution is 6.05. The third-order valence-corrected chi connectivity index (χ3v) is 4.68. The Hall–Kier alpha value is -3.29. The quantitative estimate of drug-likeness (QED) is 0.719. The SMILES string of the molecule is C=CCN1C(=O)C(C)(C)COc2ccc(NC(=O)c3cccc(C(F)(F)F)c3)cc21. The number of benzene rings is 2. The molecule has 5 nitrogen and oxygen atoms in total. The average Bonchev–Trinajstić information content (AvgIpc) is 2.78. The van der Waals surface area contributed by atoms with Gasteiger partial charge in [0.15, 0.2) is 0 Å². The van der Waals surface area contributed by atoms with Gasteiger partial charge < -0.3 is 15.0 Å². The highest BCUT2D eigenvalue weighted by Crippen LogP contribution is 2.38. The number of hydrogen-bond acceptors (Lipinski definition) is 3. The van der Waals surface area contributed by atoms with Crippen molar-refractivity contribution in [3.8, 4) is 5.75 Å². The van der Waals surface area contributed by atoms with Gasteiger partial charge in [-0.3, -0.25) is 9.59 Å². The molecule has 158 valence electrons. The molecule has 0 aromatic heterocycles. The van der Waals surface area contributed by atoms with Gasteiger partial charge in [-0.25, -0.2) is 0 Å². The zero-order valence-corrected chi connectivity index (χ0v) is 16.5. The molecule has 2 aromatic carbocycles. The van der Waals surface area contributed by atoms with Gasteiger partial charge >= 0.3 is 6.18 Å². The summed E-state index contributed by atoms with van der Waals surface area (Å²) < 4.78 is 44.5. The van der Waals surface area contributed by atoms with E-state index < -0.39 is 23.1 Å². The number of hydrogen-bond donors (Lipinski definition) is 1. The second-order valence-corrected chi connectivity index (χ2v) is 7.59. The van der Waals surface area contributed by atoms with Crippen molar-refractivity contribution in [1.82, 2.24) is 0 Å². The standard InChI is InChI=1S/C22H21F3N2O3/c1-4-10-27-17-12-16(8-9-18(17)30-13-21(2,3)20(27)29)26-19(28)14-6-5-7-15(11-14)22(23,24)25/h4-9,11-12H,1,10,13H2,2-3H3,(H,26,28). The lowest BCUT2D eigenvalue weighted by atomic mass is 9.93. The number of halogens is 3. The minimum Gasteiger partial charge on any atom is -0.490 e. The number of rotatable bonds is 4. The molecule has 0 aliphatic carbocycles. The van der Waals surface area contributed by atoms with Gasteiger partial charge in [0, 0.05) is 17.8 Å². The molecule has 0 radical (unpaired) electrons. The van der Waals surface area contributed by atoms with Crippen molar-refractivity contribution in [2.45, 2.75) is 20.0 Å². The number of amides is 2. The molecule has 8 heteroatoms. The van der Waals surface area contributed by atoms with Crippen molar-refractivity contribution in [3.05, 3.63) is 66.2 Å². The van der Waals surface area contributed by atoms with Gasteiger partial charge in [-0.1, -0.05) is 12.1 Å². The summed E-state index contributed by atoms with van der Waals surface area (Å²) in [5, 5.41) is 2.58. The Morgan fingerprint density at radius 1 is 1.27 bits per heavy atom. The first kappa shape index (κ1) is 21.4. The summed E-state index contributed by atoms with van der Waals surface area (Å²) in [5.41, 5.74) is -1.02. The smallest absolute Gasteiger partial charge is 0.416 e. The van der Waals surface area contributed by atoms with Crippen LogP contribution in [0.5, 0.6) is 5.75 Å². The average molecular weight is 418 g/mol. The maximum Gasteiger partial charge on any atom is 0.416 e. The van der Waals surface area contributed by atoms with Crippen LogP contribution in [-0.2, 0) is 11.0 Å². The van der Waals surface area contributed by atoms with Crippen molar-refractivity contribution < 1.29 is 27.5 Å². The molecule has 0 saturated heterocycles. The Balaban J connectivity index is 1.91. The van der Waals surface area contributed by atoms with Gasteiger partial charge in [0.05, 0.1) is 16.7 Å². The fourth-order valence-electron chi connectivity index (χ4n) is 3.07. The second kappa shape index (κ2) is 7.85. The van der Waals surface area contributed by atoms with Gasteiger partial charge in [0.2, 0.25) is 5.91 Å². The van der Waals surface area contributed by atoms with Crippen LogP contribution in [0.25, 0.3) is 0 Å². The highest BCUT2D eigenvalue weighted by atomic mass is 19.4. The van der Waals surface area contributed by atoms with Crippen LogP contribution in [0, 0.1) is 5.41 Å². The van der Waals surface area contributed by atoms with E-state index in [4.69, 9.17) is 4.74 Å². The number of carbonyl (C=O) groups excluding carboxylic acids is 2. The Labute approximate surface area is 172 Å². The zero-order valence-electron chi connectivity index (χ0n) is 16.5. The van der Waals surface area contributed by atoms with Crippen LogP contribution in [0.4, 0.5) is 24.5 Å². The van der Waals surface area contributed by atoms with Crippen LogP contribution < -0.4 is 15.0 Å². The zero-order chi connectivity index (χ0) is 22.1. The normalized spacial score (nSPS) is 15.6. The Bertz CT molecular complexity index is 999. The Kier molecular flexibility index (Phi) is 5.61. The Morgan fingerprint density at radius 3 is 2.67 bits per heavy atom. The number of fused-ring (bicyclic) bond motifs is 1. The van der Waals surface area contributed by atoms with Gasteiger partial charge in [-0.05, 0) is 50.2 Å². The Morgan fingerprint density at radius 2 is 2.00 bits per heavy atom. The molecule has 1 aliphatic heterocycles. The van der Waals surface area contributed by atoms with Crippen LogP contribution in [0.1, 0.15) is 29.8 Å². The molecule has 1 heterocycles. The molecule has 0 unspecified atom stereocenters. The van der Waals surface area contributed by atoms with Crippen molar-refractivity contribution in [3.63, 3.8) is 0 Å². The van der Waals surface area contributed by atoms with E-state index >= 15 is 0 Å². The maximum atomic E-state index is 12.9. The molecule has 3 rings (SSSR count). The van der Waals surface area contributed by atoms with Crippen LogP contribution in [0.2, 0.25) is 0 Å². The summed E-state index contributed by atoms with van der Waals surface area (Å²) in [4.78, 5) is 26.9. The second-order valence-electron chi connectivity index (χ2n) is 7.59. The molecule has 0 spiro atoms. The molecule has 1 aliphatic rings. The summed E-state index contributed by atoms with van der Waals surface area (Å²) in [6, 6.07) is 8.90. The van der Waals surface area contributed by atoms with Crippen LogP contribution >= 0.6 is 0 Å². The molecule has 0 bridgehead atoms. The molecule has 0 saturated carbocycles. The van der Waals surface area contributed by atoms with E-state index in [0.717, 1.165) is 12.1 Å². The summed E-state index contributed by atoms with van der Waals surface area (Å²) >= 11 is 0. The predicted octanol–water partition coefficient (Wildman–Crippen LogP) is 4.90. The van der Waals surface area contributed by atoms with Crippen molar-refractivity contribution in [1.29, 1.82) is 0 Å². The fourth-order valence-corrected chi connectivity index (χ4v) is 3.07. The number of alkyl halides is 3. The summed E-state index contributed by atoms with van der Waals surface area (Å²) in [6.45, 7) is 7.65. The van der Waals surface area contributed by atoms with Gasteiger partial charge in [0.25, 0.3) is 5.91 Å². The number of ether oxygens (including phenoxy) is 1. The van der Waals surface area contributed by atoms with E-state index in [1.54, 1.807) is 38.1 Å². The molecule has 0 atom stereocenters. The summed E-state index contributed by atoms with van der Waals surface area (Å²) in [5.74, 6) is -0.395. The van der Waals surface area contributed by atoms with Gasteiger partial charge in [-0.2, -0.15) is 13.2 Å². The van der Waals surface area contributed by atoms with Crippen molar-refractivity contribution in [2.75, 3.05) is 23.4 Å². The monoisotopic (exact) mass is 418 g/mol. The molecule has 0 fully saturated rings. The number of nitrogens with one attached hydrogen (secondary N) is 1. The maximum absolute atomic E-state index is 12.9. The van der Waals surface area contributed by atoms with Crippen LogP contribution in [0.15, 0.2) is 55.1 Å². The molecule has 1 N–H and O–H groups in total. The summed E-state index contributed by atoms with van der Waals surface area (Å²) in [6.07, 6.45) is -2.97. The third-order valence-electron chi connectivity index (χ3n) is 4.68. The predicted molar refractivity (Wildman–Crippen MR) is 108 cm³/mol. The molecule has 30 heavy (non-hydrogen) atoms. The first-order valence-corrected chi connectivity index (χ1v) is 9.21. The minimum absolute atomic E-state index is 0.129. The van der Waals surface area contributed by atoms with Crippen LogP contribution in [-0.4, -0.2) is 25.0 Å². The molecular weight excluding hydrogens is 397 g/mol. The van der Waals surface area contributed by atoms with E-state index in [1.807, 2.05) is 0 Å². The van der Waals surface area contributed by atoms with E-state index in [2.05, 4.69) is 11.9 Å². The first-order valence-electron chi connectivity index (χ1n) is 9.21. The minimum atomic E-state index is -4.55. The van der Waals surface area contributed by atoms with E-state index in [0.29, 0.717) is 17.1 Å². The van der Waals surface area contributed by atoms with Gasteiger partial charge in [0.1, 0.15) is 12.4 Å². The van der Waals surface area contributed by atoms with Gasteiger partial charge in [-0.15, -0.1) is 6.58 Å². The third kappa shape index (κ3) is 4.32. The highest BCUT2D eigenvalue weighted by Gasteiger charge is 2.37. The van der Waals surface area contributed by atoms with E-state index in [1.165, 1.54) is 17.0 Å². The molecular formula is C22H21F3N2O3.